The van der Waals surface area contributed by atoms with Gasteiger partial charge in [0, 0.05) is 22.9 Å². The molecule has 232 valence electrons. The van der Waals surface area contributed by atoms with Gasteiger partial charge in [-0.1, -0.05) is 74.3 Å². The van der Waals surface area contributed by atoms with Crippen LogP contribution in [0.15, 0.2) is 82.8 Å². The highest BCUT2D eigenvalue weighted by atomic mass is 35.5. The van der Waals surface area contributed by atoms with Gasteiger partial charge >= 0.3 is 0 Å². The maximum absolute atomic E-state index is 13.3. The predicted octanol–water partition coefficient (Wildman–Crippen LogP) is 6.62. The monoisotopic (exact) mass is 654 g/mol. The van der Waals surface area contributed by atoms with Crippen LogP contribution in [0.4, 0.5) is 11.4 Å². The van der Waals surface area contributed by atoms with Crippen molar-refractivity contribution < 1.29 is 18.0 Å². The highest BCUT2D eigenvalue weighted by molar-refractivity contribution is 7.99. The van der Waals surface area contributed by atoms with E-state index < -0.39 is 15.9 Å². The molecule has 1 atom stereocenters. The first-order valence-corrected chi connectivity index (χ1v) is 16.9. The summed E-state index contributed by atoms with van der Waals surface area (Å²) >= 11 is 7.42. The number of primary amides is 1. The van der Waals surface area contributed by atoms with E-state index in [0.29, 0.717) is 33.7 Å². The number of para-hydroxylation sites is 1. The molecule has 13 heteroatoms. The third-order valence-electron chi connectivity index (χ3n) is 6.81. The van der Waals surface area contributed by atoms with Crippen molar-refractivity contribution in [3.8, 4) is 11.4 Å². The van der Waals surface area contributed by atoms with Crippen molar-refractivity contribution in [3.05, 3.63) is 83.4 Å². The molecule has 0 saturated heterocycles. The van der Waals surface area contributed by atoms with E-state index in [1.807, 2.05) is 4.57 Å². The van der Waals surface area contributed by atoms with E-state index in [2.05, 4.69) is 41.0 Å². The van der Waals surface area contributed by atoms with Gasteiger partial charge in [-0.25, -0.2) is 8.42 Å². The minimum absolute atomic E-state index is 0.0211. The summed E-state index contributed by atoms with van der Waals surface area (Å²) in [4.78, 5) is 24.1. The lowest BCUT2D eigenvalue weighted by atomic mass is 10.0. The second-order valence-electron chi connectivity index (χ2n) is 10.7. The molecular weight excluding hydrogens is 620 g/mol. The summed E-state index contributed by atoms with van der Waals surface area (Å²) in [6, 6.07) is 19.4. The van der Waals surface area contributed by atoms with Crippen molar-refractivity contribution in [2.24, 2.45) is 11.7 Å². The van der Waals surface area contributed by atoms with E-state index in [0.717, 1.165) is 19.3 Å². The number of benzene rings is 3. The SMILES string of the molecule is CC(C)CCCC(C)n1c(SCC(=O)Nc2ccc(C(N)=O)cc2)nnc1-c1cccc(S(=O)(=O)Nc2ccccc2Cl)c1. The maximum Gasteiger partial charge on any atom is 0.261 e. The molecule has 4 rings (SSSR count). The number of anilines is 2. The quantitative estimate of drug-likeness (QED) is 0.129. The number of nitrogens with zero attached hydrogens (tertiary/aromatic N) is 3. The van der Waals surface area contributed by atoms with Crippen LogP contribution in [-0.4, -0.2) is 40.7 Å². The molecule has 1 unspecified atom stereocenters. The van der Waals surface area contributed by atoms with E-state index in [-0.39, 0.29) is 33.3 Å². The molecule has 3 aromatic carbocycles. The molecular formula is C31H35ClN6O4S2. The molecule has 0 bridgehead atoms. The van der Waals surface area contributed by atoms with E-state index in [1.54, 1.807) is 66.7 Å². The van der Waals surface area contributed by atoms with Gasteiger partial charge in [-0.3, -0.25) is 18.9 Å². The van der Waals surface area contributed by atoms with Gasteiger partial charge < -0.3 is 11.1 Å². The van der Waals surface area contributed by atoms with Crippen LogP contribution in [0.3, 0.4) is 0 Å². The molecule has 0 aliphatic carbocycles. The summed E-state index contributed by atoms with van der Waals surface area (Å²) in [5.74, 6) is 0.316. The number of hydrogen-bond acceptors (Lipinski definition) is 7. The Hall–Kier alpha value is -3.87. The van der Waals surface area contributed by atoms with Crippen molar-refractivity contribution >= 4 is 56.6 Å². The van der Waals surface area contributed by atoms with Gasteiger partial charge in [0.2, 0.25) is 11.8 Å². The molecule has 0 radical (unpaired) electrons. The summed E-state index contributed by atoms with van der Waals surface area (Å²) in [5, 5.41) is 12.5. The molecule has 0 aliphatic heterocycles. The Bertz CT molecular complexity index is 1730. The number of aromatic nitrogens is 3. The highest BCUT2D eigenvalue weighted by Crippen LogP contribution is 2.32. The highest BCUT2D eigenvalue weighted by Gasteiger charge is 2.23. The van der Waals surface area contributed by atoms with Crippen LogP contribution in [-0.2, 0) is 14.8 Å². The van der Waals surface area contributed by atoms with Crippen molar-refractivity contribution in [2.45, 2.75) is 56.1 Å². The number of sulfonamides is 1. The van der Waals surface area contributed by atoms with Gasteiger partial charge in [-0.05, 0) is 67.8 Å². The third-order valence-corrected chi connectivity index (χ3v) is 9.45. The molecule has 44 heavy (non-hydrogen) atoms. The zero-order valence-corrected chi connectivity index (χ0v) is 27.0. The molecule has 4 aromatic rings. The number of carbonyl (C=O) groups excluding carboxylic acids is 2. The van der Waals surface area contributed by atoms with E-state index >= 15 is 0 Å². The van der Waals surface area contributed by atoms with E-state index in [1.165, 1.54) is 17.8 Å². The zero-order valence-electron chi connectivity index (χ0n) is 24.7. The lowest BCUT2D eigenvalue weighted by molar-refractivity contribution is -0.113. The Kier molecular flexibility index (Phi) is 11.1. The van der Waals surface area contributed by atoms with Crippen molar-refractivity contribution in [3.63, 3.8) is 0 Å². The molecule has 0 aliphatic rings. The average Bonchev–Trinajstić information content (AvgIpc) is 3.41. The summed E-state index contributed by atoms with van der Waals surface area (Å²) in [5.41, 5.74) is 7.02. The van der Waals surface area contributed by atoms with Crippen molar-refractivity contribution in [1.29, 1.82) is 0 Å². The van der Waals surface area contributed by atoms with Gasteiger partial charge in [0.15, 0.2) is 11.0 Å². The number of hydrogen-bond donors (Lipinski definition) is 3. The summed E-state index contributed by atoms with van der Waals surface area (Å²) in [6.45, 7) is 6.43. The zero-order chi connectivity index (χ0) is 31.9. The van der Waals surface area contributed by atoms with Gasteiger partial charge in [0.25, 0.3) is 10.0 Å². The molecule has 1 heterocycles. The largest absolute Gasteiger partial charge is 0.366 e. The number of rotatable bonds is 14. The topological polar surface area (TPSA) is 149 Å². The fourth-order valence-electron chi connectivity index (χ4n) is 4.52. The molecule has 0 spiro atoms. The van der Waals surface area contributed by atoms with Crippen LogP contribution >= 0.6 is 23.4 Å². The Morgan fingerprint density at radius 1 is 0.977 bits per heavy atom. The number of halogens is 1. The summed E-state index contributed by atoms with van der Waals surface area (Å²) in [6.07, 6.45) is 2.89. The third kappa shape index (κ3) is 8.61. The van der Waals surface area contributed by atoms with Crippen LogP contribution in [0.5, 0.6) is 0 Å². The fourth-order valence-corrected chi connectivity index (χ4v) is 6.72. The van der Waals surface area contributed by atoms with Gasteiger partial charge in [-0.2, -0.15) is 0 Å². The lowest BCUT2D eigenvalue weighted by Gasteiger charge is -2.19. The minimum atomic E-state index is -3.95. The average molecular weight is 655 g/mol. The maximum atomic E-state index is 13.3. The van der Waals surface area contributed by atoms with Crippen LogP contribution in [0.25, 0.3) is 11.4 Å². The molecule has 10 nitrogen and oxygen atoms in total. The fraction of sp³-hybridized carbons (Fsp3) is 0.290. The normalized spacial score (nSPS) is 12.2. The molecule has 0 fully saturated rings. The van der Waals surface area contributed by atoms with Gasteiger partial charge in [-0.15, -0.1) is 10.2 Å². The van der Waals surface area contributed by atoms with Gasteiger partial charge in [0.05, 0.1) is 21.4 Å². The smallest absolute Gasteiger partial charge is 0.261 e. The number of nitrogens with one attached hydrogen (secondary N) is 2. The van der Waals surface area contributed by atoms with Crippen LogP contribution in [0.2, 0.25) is 5.02 Å². The van der Waals surface area contributed by atoms with Crippen LogP contribution < -0.4 is 15.8 Å². The first-order chi connectivity index (χ1) is 20.9. The second-order valence-corrected chi connectivity index (χ2v) is 13.8. The van der Waals surface area contributed by atoms with Crippen molar-refractivity contribution in [2.75, 3.05) is 15.8 Å². The minimum Gasteiger partial charge on any atom is -0.366 e. The van der Waals surface area contributed by atoms with E-state index in [4.69, 9.17) is 17.3 Å². The number of thioether (sulfide) groups is 1. The predicted molar refractivity (Wildman–Crippen MR) is 175 cm³/mol. The molecule has 1 aromatic heterocycles. The Morgan fingerprint density at radius 3 is 2.39 bits per heavy atom. The second kappa shape index (κ2) is 14.7. The molecule has 2 amide bonds. The first-order valence-electron chi connectivity index (χ1n) is 14.1. The number of nitrogens with two attached hydrogens (primary N) is 1. The molecule has 0 saturated carbocycles. The van der Waals surface area contributed by atoms with Crippen LogP contribution in [0.1, 0.15) is 56.4 Å². The Labute approximate surface area is 266 Å². The number of carbonyl (C=O) groups is 2. The summed E-state index contributed by atoms with van der Waals surface area (Å²) < 4.78 is 31.0. The lowest BCUT2D eigenvalue weighted by Crippen LogP contribution is -2.16. The summed E-state index contributed by atoms with van der Waals surface area (Å²) in [7, 11) is -3.95. The molecule has 4 N–H and O–H groups in total. The standard InChI is InChI=1S/C31H35ClN6O4S2/c1-20(2)8-6-9-21(3)38-30(23-10-7-11-25(18-23)44(41,42)37-27-13-5-4-12-26(27)32)35-36-31(38)43-19-28(39)34-24-16-14-22(15-17-24)29(33)40/h4-5,7,10-18,20-21,37H,6,8-9,19H2,1-3H3,(H2,33,40)(H,34,39). The Morgan fingerprint density at radius 2 is 1.70 bits per heavy atom. The van der Waals surface area contributed by atoms with Gasteiger partial charge in [0.1, 0.15) is 0 Å². The van der Waals surface area contributed by atoms with E-state index in [9.17, 15) is 18.0 Å². The van der Waals surface area contributed by atoms with Crippen LogP contribution in [0, 0.1) is 5.92 Å². The Balaban J connectivity index is 1.58. The number of amides is 2. The van der Waals surface area contributed by atoms with Crippen molar-refractivity contribution in [1.82, 2.24) is 14.8 Å². The first kappa shape index (κ1) is 33.0.